The van der Waals surface area contributed by atoms with Gasteiger partial charge in [-0.05, 0) is 32.1 Å². The first-order valence-corrected chi connectivity index (χ1v) is 4.69. The van der Waals surface area contributed by atoms with E-state index in [1.54, 1.807) is 0 Å². The lowest BCUT2D eigenvalue weighted by atomic mass is 9.88. The average Bonchev–Trinajstić information content (AvgIpc) is 1.85. The summed E-state index contributed by atoms with van der Waals surface area (Å²) in [7, 11) is 0. The van der Waals surface area contributed by atoms with Crippen molar-refractivity contribution in [3.63, 3.8) is 0 Å². The highest BCUT2D eigenvalue weighted by molar-refractivity contribution is 5.79. The fraction of sp³-hybridized carbons (Fsp3) is 0.727. The van der Waals surface area contributed by atoms with Gasteiger partial charge in [-0.1, -0.05) is 32.4 Å². The van der Waals surface area contributed by atoms with Crippen molar-refractivity contribution in [2.75, 3.05) is 0 Å². The van der Waals surface area contributed by atoms with E-state index in [4.69, 9.17) is 5.41 Å². The number of nitrogens with one attached hydrogen (secondary N) is 1. The minimum Gasteiger partial charge on any atom is -0.310 e. The normalized spacial score (nSPS) is 15.0. The largest absolute Gasteiger partial charge is 0.310 e. The molecule has 0 heterocycles. The first-order chi connectivity index (χ1) is 5.49. The Hall–Kier alpha value is -0.590. The molecule has 0 saturated carbocycles. The van der Waals surface area contributed by atoms with Crippen LogP contribution in [0.25, 0.3) is 0 Å². The Morgan fingerprint density at radius 1 is 1.33 bits per heavy atom. The summed E-state index contributed by atoms with van der Waals surface area (Å²) < 4.78 is 0. The molecule has 0 rings (SSSR count). The molecule has 1 heteroatoms. The van der Waals surface area contributed by atoms with Crippen molar-refractivity contribution >= 4 is 5.71 Å². The van der Waals surface area contributed by atoms with E-state index < -0.39 is 0 Å². The zero-order chi connectivity index (χ0) is 9.72. The van der Waals surface area contributed by atoms with Gasteiger partial charge in [0.05, 0.1) is 0 Å². The van der Waals surface area contributed by atoms with Crippen LogP contribution in [-0.4, -0.2) is 5.71 Å². The lowest BCUT2D eigenvalue weighted by Gasteiger charge is -2.18. The molecular formula is C11H21N. The van der Waals surface area contributed by atoms with Crippen LogP contribution in [0, 0.1) is 17.2 Å². The fourth-order valence-electron chi connectivity index (χ4n) is 1.76. The van der Waals surface area contributed by atoms with Crippen LogP contribution in [0.5, 0.6) is 0 Å². The van der Waals surface area contributed by atoms with E-state index in [1.165, 1.54) is 5.57 Å². The van der Waals surface area contributed by atoms with Gasteiger partial charge >= 0.3 is 0 Å². The van der Waals surface area contributed by atoms with Gasteiger partial charge in [-0.2, -0.15) is 0 Å². The molecule has 0 saturated heterocycles. The zero-order valence-electron chi connectivity index (χ0n) is 8.94. The molecule has 0 spiro atoms. The second-order valence-electron chi connectivity index (χ2n) is 3.83. The Morgan fingerprint density at radius 2 is 1.83 bits per heavy atom. The van der Waals surface area contributed by atoms with E-state index in [1.807, 2.05) is 6.92 Å². The van der Waals surface area contributed by atoms with Gasteiger partial charge in [0.2, 0.25) is 0 Å². The van der Waals surface area contributed by atoms with Crippen molar-refractivity contribution in [1.82, 2.24) is 0 Å². The van der Waals surface area contributed by atoms with E-state index >= 15 is 0 Å². The van der Waals surface area contributed by atoms with Crippen molar-refractivity contribution in [2.24, 2.45) is 11.8 Å². The summed E-state index contributed by atoms with van der Waals surface area (Å²) in [5, 5.41) is 7.41. The summed E-state index contributed by atoms with van der Waals surface area (Å²) in [5.41, 5.74) is 2.25. The first-order valence-electron chi connectivity index (χ1n) is 4.69. The minimum atomic E-state index is 0.535. The molecule has 1 N–H and O–H groups in total. The van der Waals surface area contributed by atoms with Gasteiger partial charge in [0.25, 0.3) is 0 Å². The van der Waals surface area contributed by atoms with Gasteiger partial charge in [0.15, 0.2) is 0 Å². The molecular weight excluding hydrogens is 146 g/mol. The molecule has 0 radical (unpaired) electrons. The molecule has 0 aromatic rings. The highest BCUT2D eigenvalue weighted by Gasteiger charge is 2.11. The van der Waals surface area contributed by atoms with Crippen LogP contribution in [0.3, 0.4) is 0 Å². The van der Waals surface area contributed by atoms with E-state index in [0.717, 1.165) is 12.1 Å². The second kappa shape index (κ2) is 5.13. The van der Waals surface area contributed by atoms with Crippen LogP contribution in [0.1, 0.15) is 41.0 Å². The second-order valence-corrected chi connectivity index (χ2v) is 3.83. The van der Waals surface area contributed by atoms with Gasteiger partial charge in [-0.15, -0.1) is 0 Å². The molecule has 12 heavy (non-hydrogen) atoms. The van der Waals surface area contributed by atoms with Crippen molar-refractivity contribution in [1.29, 1.82) is 5.41 Å². The summed E-state index contributed by atoms with van der Waals surface area (Å²) in [5.74, 6) is 1.15. The predicted molar refractivity (Wildman–Crippen MR) is 55.8 cm³/mol. The van der Waals surface area contributed by atoms with Crippen molar-refractivity contribution in [3.05, 3.63) is 11.6 Å². The van der Waals surface area contributed by atoms with Crippen LogP contribution in [-0.2, 0) is 0 Å². The molecule has 0 aliphatic carbocycles. The zero-order valence-corrected chi connectivity index (χ0v) is 8.94. The predicted octanol–water partition coefficient (Wildman–Crippen LogP) is 3.65. The van der Waals surface area contributed by atoms with Crippen molar-refractivity contribution in [2.45, 2.75) is 41.0 Å². The molecule has 1 atom stereocenters. The molecule has 0 amide bonds. The molecule has 1 unspecified atom stereocenters. The fourth-order valence-corrected chi connectivity index (χ4v) is 1.76. The topological polar surface area (TPSA) is 23.9 Å². The van der Waals surface area contributed by atoms with Gasteiger partial charge in [-0.25, -0.2) is 0 Å². The summed E-state index contributed by atoms with van der Waals surface area (Å²) in [6.07, 6.45) is 3.09. The Labute approximate surface area is 76.4 Å². The molecule has 0 aromatic heterocycles. The molecule has 1 nitrogen and oxygen atoms in total. The molecule has 70 valence electrons. The smallest absolute Gasteiger partial charge is 0.00640 e. The van der Waals surface area contributed by atoms with Crippen LogP contribution in [0.15, 0.2) is 11.6 Å². The number of hydrogen-bond acceptors (Lipinski definition) is 1. The van der Waals surface area contributed by atoms with Crippen LogP contribution < -0.4 is 0 Å². The number of rotatable bonds is 4. The van der Waals surface area contributed by atoms with Crippen molar-refractivity contribution < 1.29 is 0 Å². The molecule has 0 aliphatic heterocycles. The summed E-state index contributed by atoms with van der Waals surface area (Å²) in [6.45, 7) is 10.6. The molecule has 0 aliphatic rings. The maximum Gasteiger partial charge on any atom is 0.00640 e. The maximum absolute atomic E-state index is 7.41. The number of allylic oxidation sites excluding steroid dienone is 2. The Kier molecular flexibility index (Phi) is 4.87. The SMILES string of the molecule is C/C=C(/C(C)C)C(C)CC(C)=N. The van der Waals surface area contributed by atoms with Crippen molar-refractivity contribution in [3.8, 4) is 0 Å². The maximum atomic E-state index is 7.41. The quantitative estimate of drug-likeness (QED) is 0.488. The van der Waals surface area contributed by atoms with Crippen LogP contribution in [0.4, 0.5) is 0 Å². The van der Waals surface area contributed by atoms with Gasteiger partial charge in [0, 0.05) is 5.71 Å². The highest BCUT2D eigenvalue weighted by Crippen LogP contribution is 2.22. The Bertz CT molecular complexity index is 177. The van der Waals surface area contributed by atoms with E-state index in [2.05, 4.69) is 33.8 Å². The molecule has 0 aromatic carbocycles. The summed E-state index contributed by atoms with van der Waals surface area (Å²) in [6, 6.07) is 0. The third-order valence-electron chi connectivity index (χ3n) is 2.18. The molecule has 0 fully saturated rings. The average molecular weight is 167 g/mol. The standard InChI is InChI=1S/C11H21N/c1-6-11(8(2)3)9(4)7-10(5)12/h6,8-9,12H,7H2,1-5H3/b11-6-,12-10?. The third-order valence-corrected chi connectivity index (χ3v) is 2.18. The minimum absolute atomic E-state index is 0.535. The lowest BCUT2D eigenvalue weighted by molar-refractivity contribution is 0.597. The number of hydrogen-bond donors (Lipinski definition) is 1. The summed E-state index contributed by atoms with van der Waals surface area (Å²) in [4.78, 5) is 0. The Balaban J connectivity index is 4.23. The van der Waals surface area contributed by atoms with E-state index in [0.29, 0.717) is 11.8 Å². The molecule has 0 bridgehead atoms. The van der Waals surface area contributed by atoms with Gasteiger partial charge in [0.1, 0.15) is 0 Å². The Morgan fingerprint density at radius 3 is 2.08 bits per heavy atom. The lowest BCUT2D eigenvalue weighted by Crippen LogP contribution is -2.08. The third kappa shape index (κ3) is 3.70. The highest BCUT2D eigenvalue weighted by atomic mass is 14.4. The van der Waals surface area contributed by atoms with Crippen LogP contribution >= 0.6 is 0 Å². The van der Waals surface area contributed by atoms with Gasteiger partial charge in [-0.3, -0.25) is 0 Å². The first kappa shape index (κ1) is 11.4. The van der Waals surface area contributed by atoms with E-state index in [-0.39, 0.29) is 0 Å². The van der Waals surface area contributed by atoms with Crippen LogP contribution in [0.2, 0.25) is 0 Å². The van der Waals surface area contributed by atoms with E-state index in [9.17, 15) is 0 Å². The van der Waals surface area contributed by atoms with Gasteiger partial charge < -0.3 is 5.41 Å². The monoisotopic (exact) mass is 167 g/mol. The summed E-state index contributed by atoms with van der Waals surface area (Å²) >= 11 is 0.